The van der Waals surface area contributed by atoms with Crippen molar-refractivity contribution in [2.45, 2.75) is 0 Å². The number of hydrogen-bond donors (Lipinski definition) is 1. The summed E-state index contributed by atoms with van der Waals surface area (Å²) in [5, 5.41) is 13.7. The molecule has 1 aliphatic heterocycles. The average Bonchev–Trinajstić information content (AvgIpc) is 2.67. The molecule has 0 aliphatic carbocycles. The molecule has 1 N–H and O–H groups in total. The Morgan fingerprint density at radius 3 is 2.73 bits per heavy atom. The van der Waals surface area contributed by atoms with Crippen LogP contribution >= 0.6 is 0 Å². The van der Waals surface area contributed by atoms with Gasteiger partial charge in [0, 0.05) is 30.5 Å². The number of rotatable bonds is 6. The van der Waals surface area contributed by atoms with Gasteiger partial charge in [0.05, 0.1) is 18.1 Å². The Morgan fingerprint density at radius 2 is 1.96 bits per heavy atom. The monoisotopic (exact) mass is 357 g/mol. The quantitative estimate of drug-likeness (QED) is 0.630. The summed E-state index contributed by atoms with van der Waals surface area (Å²) in [6, 6.07) is 13.5. The molecule has 26 heavy (non-hydrogen) atoms. The van der Waals surface area contributed by atoms with E-state index in [-0.39, 0.29) is 24.0 Å². The maximum absolute atomic E-state index is 12.1. The molecule has 2 aromatic carbocycles. The molecule has 8 nitrogen and oxygen atoms in total. The molecule has 0 unspecified atom stereocenters. The fraction of sp³-hybridized carbons (Fsp3) is 0.278. The van der Waals surface area contributed by atoms with Gasteiger partial charge in [0.2, 0.25) is 0 Å². The summed E-state index contributed by atoms with van der Waals surface area (Å²) in [5.74, 6) is -0.322. The van der Waals surface area contributed by atoms with Gasteiger partial charge in [0.25, 0.3) is 5.91 Å². The zero-order chi connectivity index (χ0) is 18.4. The molecule has 1 saturated heterocycles. The molecule has 1 heterocycles. The van der Waals surface area contributed by atoms with Crippen LogP contribution in [0.25, 0.3) is 0 Å². The Hall–Kier alpha value is -3.13. The van der Waals surface area contributed by atoms with E-state index in [0.717, 1.165) is 18.8 Å². The summed E-state index contributed by atoms with van der Waals surface area (Å²) in [6.07, 6.45) is 0. The minimum absolute atomic E-state index is 0.0646. The molecule has 0 bridgehead atoms. The third-order valence-corrected chi connectivity index (χ3v) is 3.93. The summed E-state index contributed by atoms with van der Waals surface area (Å²) in [7, 11) is 0. The van der Waals surface area contributed by atoms with Crippen molar-refractivity contribution in [1.29, 1.82) is 0 Å². The van der Waals surface area contributed by atoms with Crippen LogP contribution in [0.1, 0.15) is 0 Å². The molecule has 1 fully saturated rings. The van der Waals surface area contributed by atoms with Crippen molar-refractivity contribution in [3.05, 3.63) is 58.6 Å². The number of para-hydroxylation sites is 2. The van der Waals surface area contributed by atoms with Gasteiger partial charge in [-0.25, -0.2) is 0 Å². The highest BCUT2D eigenvalue weighted by atomic mass is 16.6. The van der Waals surface area contributed by atoms with E-state index in [1.165, 1.54) is 12.1 Å². The van der Waals surface area contributed by atoms with Crippen LogP contribution in [0.15, 0.2) is 48.5 Å². The van der Waals surface area contributed by atoms with E-state index in [1.807, 2.05) is 18.2 Å². The maximum atomic E-state index is 12.1. The van der Waals surface area contributed by atoms with E-state index in [1.54, 1.807) is 18.2 Å². The third-order valence-electron chi connectivity index (χ3n) is 3.93. The second-order valence-corrected chi connectivity index (χ2v) is 5.71. The number of ether oxygens (including phenoxy) is 2. The van der Waals surface area contributed by atoms with Crippen LogP contribution in [-0.2, 0) is 9.53 Å². The van der Waals surface area contributed by atoms with E-state index >= 15 is 0 Å². The number of hydrogen-bond acceptors (Lipinski definition) is 6. The van der Waals surface area contributed by atoms with Crippen molar-refractivity contribution < 1.29 is 19.2 Å². The number of amides is 1. The number of carbonyl (C=O) groups is 1. The van der Waals surface area contributed by atoms with Gasteiger partial charge in [-0.05, 0) is 24.3 Å². The fourth-order valence-corrected chi connectivity index (χ4v) is 2.67. The number of nitrogens with one attached hydrogen (secondary N) is 1. The number of nitro benzene ring substituents is 1. The average molecular weight is 357 g/mol. The van der Waals surface area contributed by atoms with Crippen LogP contribution in [0.3, 0.4) is 0 Å². The highest BCUT2D eigenvalue weighted by Gasteiger charge is 2.15. The Balaban J connectivity index is 1.59. The van der Waals surface area contributed by atoms with Gasteiger partial charge in [0.15, 0.2) is 12.4 Å². The molecule has 0 aromatic heterocycles. The maximum Gasteiger partial charge on any atom is 0.310 e. The van der Waals surface area contributed by atoms with Gasteiger partial charge in [-0.15, -0.1) is 0 Å². The van der Waals surface area contributed by atoms with Crippen LogP contribution in [0, 0.1) is 10.1 Å². The van der Waals surface area contributed by atoms with Crippen molar-refractivity contribution in [2.24, 2.45) is 0 Å². The summed E-state index contributed by atoms with van der Waals surface area (Å²) in [6.45, 7) is 2.66. The van der Waals surface area contributed by atoms with Gasteiger partial charge < -0.3 is 19.7 Å². The zero-order valence-corrected chi connectivity index (χ0v) is 14.1. The van der Waals surface area contributed by atoms with Crippen molar-refractivity contribution >= 4 is 23.0 Å². The van der Waals surface area contributed by atoms with Crippen molar-refractivity contribution in [3.63, 3.8) is 0 Å². The van der Waals surface area contributed by atoms with Crippen LogP contribution in [0.2, 0.25) is 0 Å². The van der Waals surface area contributed by atoms with Gasteiger partial charge >= 0.3 is 5.69 Å². The van der Waals surface area contributed by atoms with E-state index in [0.29, 0.717) is 18.9 Å². The molecule has 1 amide bonds. The summed E-state index contributed by atoms with van der Waals surface area (Å²) < 4.78 is 10.6. The smallest absolute Gasteiger partial charge is 0.310 e. The van der Waals surface area contributed by atoms with E-state index in [4.69, 9.17) is 9.47 Å². The highest BCUT2D eigenvalue weighted by Crippen LogP contribution is 2.26. The topological polar surface area (TPSA) is 93.9 Å². The molecule has 3 rings (SSSR count). The van der Waals surface area contributed by atoms with Crippen LogP contribution < -0.4 is 15.0 Å². The minimum Gasteiger partial charge on any atom is -0.477 e. The molecule has 0 atom stereocenters. The second kappa shape index (κ2) is 8.30. The molecule has 0 radical (unpaired) electrons. The second-order valence-electron chi connectivity index (χ2n) is 5.71. The largest absolute Gasteiger partial charge is 0.477 e. The summed E-state index contributed by atoms with van der Waals surface area (Å²) in [5.41, 5.74) is 1.48. The lowest BCUT2D eigenvalue weighted by molar-refractivity contribution is -0.385. The van der Waals surface area contributed by atoms with Gasteiger partial charge in [-0.3, -0.25) is 14.9 Å². The number of carbonyl (C=O) groups excluding carboxylic acids is 1. The Bertz CT molecular complexity index is 790. The van der Waals surface area contributed by atoms with Crippen LogP contribution in [0.4, 0.5) is 17.1 Å². The lowest BCUT2D eigenvalue weighted by Gasteiger charge is -2.29. The Morgan fingerprint density at radius 1 is 1.19 bits per heavy atom. The number of nitrogens with zero attached hydrogens (tertiary/aromatic N) is 2. The molecule has 0 spiro atoms. The fourth-order valence-electron chi connectivity index (χ4n) is 2.67. The normalized spacial score (nSPS) is 13.9. The number of benzene rings is 2. The van der Waals surface area contributed by atoms with Crippen molar-refractivity contribution in [2.75, 3.05) is 43.1 Å². The summed E-state index contributed by atoms with van der Waals surface area (Å²) in [4.78, 5) is 24.7. The SMILES string of the molecule is O=C(COc1ccccc1[N+](=O)[O-])Nc1cccc(N2CCOCC2)c1. The highest BCUT2D eigenvalue weighted by molar-refractivity contribution is 5.92. The number of anilines is 2. The van der Waals surface area contributed by atoms with Gasteiger partial charge in [-0.2, -0.15) is 0 Å². The van der Waals surface area contributed by atoms with Crippen molar-refractivity contribution in [1.82, 2.24) is 0 Å². The minimum atomic E-state index is -0.543. The predicted molar refractivity (Wildman–Crippen MR) is 96.7 cm³/mol. The predicted octanol–water partition coefficient (Wildman–Crippen LogP) is 2.45. The molecule has 8 heteroatoms. The molecular formula is C18H19N3O5. The van der Waals surface area contributed by atoms with Gasteiger partial charge in [-0.1, -0.05) is 18.2 Å². The first-order valence-electron chi connectivity index (χ1n) is 8.22. The van der Waals surface area contributed by atoms with Gasteiger partial charge in [0.1, 0.15) is 0 Å². The molecule has 1 aliphatic rings. The lowest BCUT2D eigenvalue weighted by atomic mass is 10.2. The molecule has 0 saturated carbocycles. The summed E-state index contributed by atoms with van der Waals surface area (Å²) >= 11 is 0. The first-order chi connectivity index (χ1) is 12.6. The molecule has 2 aromatic rings. The molecular weight excluding hydrogens is 338 g/mol. The zero-order valence-electron chi connectivity index (χ0n) is 14.1. The van der Waals surface area contributed by atoms with Crippen LogP contribution in [0.5, 0.6) is 5.75 Å². The van der Waals surface area contributed by atoms with E-state index in [9.17, 15) is 14.9 Å². The first kappa shape index (κ1) is 17.7. The number of nitro groups is 1. The van der Waals surface area contributed by atoms with Crippen molar-refractivity contribution in [3.8, 4) is 5.75 Å². The Labute approximate surface area is 150 Å². The third kappa shape index (κ3) is 4.48. The molecule has 136 valence electrons. The standard InChI is InChI=1S/C18H19N3O5/c22-18(13-26-17-7-2-1-6-16(17)21(23)24)19-14-4-3-5-15(12-14)20-8-10-25-11-9-20/h1-7,12H,8-11,13H2,(H,19,22). The van der Waals surface area contributed by atoms with E-state index in [2.05, 4.69) is 10.2 Å². The Kier molecular flexibility index (Phi) is 5.65. The van der Waals surface area contributed by atoms with E-state index < -0.39 is 4.92 Å². The number of morpholine rings is 1. The first-order valence-corrected chi connectivity index (χ1v) is 8.22. The lowest BCUT2D eigenvalue weighted by Crippen LogP contribution is -2.36. The van der Waals surface area contributed by atoms with Crippen LogP contribution in [-0.4, -0.2) is 43.7 Å².